The number of rotatable bonds is 6. The lowest BCUT2D eigenvalue weighted by molar-refractivity contribution is -0.384. The van der Waals surface area contributed by atoms with Crippen LogP contribution in [0.4, 0.5) is 5.69 Å². The van der Waals surface area contributed by atoms with E-state index in [1.807, 2.05) is 16.8 Å². The molecule has 0 spiro atoms. The van der Waals surface area contributed by atoms with Crippen LogP contribution in [0.5, 0.6) is 0 Å². The summed E-state index contributed by atoms with van der Waals surface area (Å²) >= 11 is 14.0. The van der Waals surface area contributed by atoms with Crippen molar-refractivity contribution in [2.75, 3.05) is 0 Å². The number of nitrogens with zero attached hydrogens (tertiary/aromatic N) is 3. The lowest BCUT2D eigenvalue weighted by atomic mass is 10.1. The predicted octanol–water partition coefficient (Wildman–Crippen LogP) is 5.63. The Labute approximate surface area is 158 Å². The van der Waals surface area contributed by atoms with Crippen molar-refractivity contribution in [1.82, 2.24) is 9.55 Å². The zero-order valence-electron chi connectivity index (χ0n) is 12.9. The van der Waals surface area contributed by atoms with Crippen molar-refractivity contribution in [3.63, 3.8) is 0 Å². The number of benzene rings is 2. The number of hydrogen-bond acceptors (Lipinski definition) is 4. The second kappa shape index (κ2) is 7.91. The van der Waals surface area contributed by atoms with Gasteiger partial charge in [-0.2, -0.15) is 0 Å². The highest BCUT2D eigenvalue weighted by Gasteiger charge is 2.18. The minimum absolute atomic E-state index is 0.000391. The molecule has 1 unspecified atom stereocenters. The van der Waals surface area contributed by atoms with Gasteiger partial charge in [0.2, 0.25) is 0 Å². The molecule has 1 heterocycles. The highest BCUT2D eigenvalue weighted by molar-refractivity contribution is 7.99. The Morgan fingerprint density at radius 3 is 2.56 bits per heavy atom. The van der Waals surface area contributed by atoms with Crippen LogP contribution < -0.4 is 0 Å². The van der Waals surface area contributed by atoms with Crippen LogP contribution in [0, 0.1) is 10.1 Å². The maximum atomic E-state index is 10.8. The van der Waals surface area contributed by atoms with E-state index in [4.69, 9.17) is 23.2 Å². The summed E-state index contributed by atoms with van der Waals surface area (Å²) in [6, 6.07) is 11.9. The number of non-ortho nitro benzene ring substituents is 1. The normalized spacial score (nSPS) is 12.1. The first-order chi connectivity index (χ1) is 12.0. The molecule has 0 saturated carbocycles. The number of aromatic nitrogens is 2. The molecule has 0 saturated heterocycles. The molecule has 0 aliphatic rings. The minimum Gasteiger partial charge on any atom is -0.336 e. The lowest BCUT2D eigenvalue weighted by Gasteiger charge is -2.19. The van der Waals surface area contributed by atoms with E-state index in [0.29, 0.717) is 16.6 Å². The van der Waals surface area contributed by atoms with Gasteiger partial charge in [-0.25, -0.2) is 4.98 Å². The van der Waals surface area contributed by atoms with Crippen molar-refractivity contribution in [2.45, 2.75) is 16.7 Å². The molecule has 25 heavy (non-hydrogen) atoms. The average molecular weight is 394 g/mol. The summed E-state index contributed by atoms with van der Waals surface area (Å²) in [4.78, 5) is 15.4. The summed E-state index contributed by atoms with van der Waals surface area (Å²) in [6.07, 6.45) is 5.34. The van der Waals surface area contributed by atoms with Crippen LogP contribution in [-0.2, 0) is 6.54 Å². The molecule has 128 valence electrons. The lowest BCUT2D eigenvalue weighted by Crippen LogP contribution is -2.05. The van der Waals surface area contributed by atoms with E-state index in [0.717, 1.165) is 10.5 Å². The van der Waals surface area contributed by atoms with Crippen molar-refractivity contribution in [3.8, 4) is 0 Å². The third kappa shape index (κ3) is 4.54. The number of imidazole rings is 1. The topological polar surface area (TPSA) is 61.0 Å². The SMILES string of the molecule is O=[N+]([O-])c1ccc(SC(Cn2ccnc2)c2ccc(Cl)cc2Cl)cc1. The Morgan fingerprint density at radius 2 is 1.96 bits per heavy atom. The van der Waals surface area contributed by atoms with E-state index in [1.54, 1.807) is 48.6 Å². The fourth-order valence-corrected chi connectivity index (χ4v) is 4.16. The largest absolute Gasteiger partial charge is 0.336 e. The van der Waals surface area contributed by atoms with Gasteiger partial charge in [0.15, 0.2) is 0 Å². The molecule has 0 N–H and O–H groups in total. The highest BCUT2D eigenvalue weighted by Crippen LogP contribution is 2.40. The van der Waals surface area contributed by atoms with Crippen LogP contribution >= 0.6 is 35.0 Å². The third-order valence-electron chi connectivity index (χ3n) is 3.57. The Kier molecular flexibility index (Phi) is 5.63. The van der Waals surface area contributed by atoms with Gasteiger partial charge < -0.3 is 4.57 Å². The smallest absolute Gasteiger partial charge is 0.269 e. The van der Waals surface area contributed by atoms with Gasteiger partial charge in [0.25, 0.3) is 5.69 Å². The number of thioether (sulfide) groups is 1. The first kappa shape index (κ1) is 17.8. The average Bonchev–Trinajstić information content (AvgIpc) is 3.08. The van der Waals surface area contributed by atoms with Crippen LogP contribution in [-0.4, -0.2) is 14.5 Å². The van der Waals surface area contributed by atoms with Gasteiger partial charge in [-0.1, -0.05) is 29.3 Å². The van der Waals surface area contributed by atoms with Crippen molar-refractivity contribution in [1.29, 1.82) is 0 Å². The molecular formula is C17H13Cl2N3O2S. The molecular weight excluding hydrogens is 381 g/mol. The standard InChI is InChI=1S/C17H13Cl2N3O2S/c18-12-1-6-15(16(19)9-12)17(10-21-8-7-20-11-21)25-14-4-2-13(3-5-14)22(23)24/h1-9,11,17H,10H2. The zero-order valence-corrected chi connectivity index (χ0v) is 15.2. The Balaban J connectivity index is 1.89. The van der Waals surface area contributed by atoms with Gasteiger partial charge >= 0.3 is 0 Å². The molecule has 0 bridgehead atoms. The van der Waals surface area contributed by atoms with Crippen molar-refractivity contribution >= 4 is 40.7 Å². The van der Waals surface area contributed by atoms with Gasteiger partial charge in [-0.05, 0) is 29.8 Å². The number of nitro groups is 1. The van der Waals surface area contributed by atoms with E-state index >= 15 is 0 Å². The molecule has 1 aromatic heterocycles. The van der Waals surface area contributed by atoms with Crippen LogP contribution in [0.2, 0.25) is 10.0 Å². The van der Waals surface area contributed by atoms with Crippen molar-refractivity contribution in [3.05, 3.63) is 86.9 Å². The Bertz CT molecular complexity index is 870. The van der Waals surface area contributed by atoms with Gasteiger partial charge in [-0.15, -0.1) is 11.8 Å². The molecule has 1 atom stereocenters. The highest BCUT2D eigenvalue weighted by atomic mass is 35.5. The Morgan fingerprint density at radius 1 is 1.20 bits per heavy atom. The van der Waals surface area contributed by atoms with Crippen LogP contribution in [0.1, 0.15) is 10.8 Å². The monoisotopic (exact) mass is 393 g/mol. The van der Waals surface area contributed by atoms with E-state index in [1.165, 1.54) is 12.1 Å². The molecule has 3 aromatic rings. The molecule has 0 radical (unpaired) electrons. The van der Waals surface area contributed by atoms with Crippen molar-refractivity contribution in [2.24, 2.45) is 0 Å². The molecule has 8 heteroatoms. The molecule has 0 aliphatic carbocycles. The van der Waals surface area contributed by atoms with E-state index in [-0.39, 0.29) is 10.9 Å². The zero-order chi connectivity index (χ0) is 17.8. The summed E-state index contributed by atoms with van der Waals surface area (Å²) in [5, 5.41) is 12.0. The van der Waals surface area contributed by atoms with E-state index in [9.17, 15) is 10.1 Å². The Hall–Kier alpha value is -2.02. The quantitative estimate of drug-likeness (QED) is 0.309. The third-order valence-corrected chi connectivity index (χ3v) is 5.37. The van der Waals surface area contributed by atoms with Gasteiger partial charge in [0.1, 0.15) is 0 Å². The van der Waals surface area contributed by atoms with Crippen LogP contribution in [0.15, 0.2) is 66.1 Å². The molecule has 0 fully saturated rings. The number of hydrogen-bond donors (Lipinski definition) is 0. The van der Waals surface area contributed by atoms with Gasteiger partial charge in [0.05, 0.1) is 16.5 Å². The minimum atomic E-state index is -0.409. The maximum Gasteiger partial charge on any atom is 0.269 e. The van der Waals surface area contributed by atoms with Gasteiger partial charge in [-0.3, -0.25) is 10.1 Å². The second-order valence-corrected chi connectivity index (χ2v) is 7.40. The molecule has 2 aromatic carbocycles. The summed E-state index contributed by atoms with van der Waals surface area (Å²) in [7, 11) is 0. The summed E-state index contributed by atoms with van der Waals surface area (Å²) in [5.74, 6) is 0. The first-order valence-corrected chi connectivity index (χ1v) is 8.98. The molecule has 0 amide bonds. The molecule has 0 aliphatic heterocycles. The van der Waals surface area contributed by atoms with Crippen molar-refractivity contribution < 1.29 is 4.92 Å². The summed E-state index contributed by atoms with van der Waals surface area (Å²) in [6.45, 7) is 0.656. The molecule has 3 rings (SSSR count). The number of halogens is 2. The molecule has 5 nitrogen and oxygen atoms in total. The first-order valence-electron chi connectivity index (χ1n) is 7.35. The van der Waals surface area contributed by atoms with Gasteiger partial charge in [0, 0.05) is 46.0 Å². The second-order valence-electron chi connectivity index (χ2n) is 5.28. The van der Waals surface area contributed by atoms with E-state index in [2.05, 4.69) is 4.98 Å². The summed E-state index contributed by atoms with van der Waals surface area (Å²) < 4.78 is 1.97. The fraction of sp³-hybridized carbons (Fsp3) is 0.118. The fourth-order valence-electron chi connectivity index (χ4n) is 2.36. The summed E-state index contributed by atoms with van der Waals surface area (Å²) in [5.41, 5.74) is 1.02. The van der Waals surface area contributed by atoms with E-state index < -0.39 is 4.92 Å². The van der Waals surface area contributed by atoms with Crippen LogP contribution in [0.3, 0.4) is 0 Å². The maximum absolute atomic E-state index is 10.8. The number of nitro benzene ring substituents is 1. The van der Waals surface area contributed by atoms with Crippen LogP contribution in [0.25, 0.3) is 0 Å². The predicted molar refractivity (Wildman–Crippen MR) is 100 cm³/mol.